The maximum atomic E-state index is 11.1. The van der Waals surface area contributed by atoms with Crippen LogP contribution in [0.1, 0.15) is 5.56 Å². The summed E-state index contributed by atoms with van der Waals surface area (Å²) in [7, 11) is 0. The zero-order valence-corrected chi connectivity index (χ0v) is 19.8. The molecule has 3 aromatic carbocycles. The monoisotopic (exact) mass is 496 g/mol. The van der Waals surface area contributed by atoms with Crippen LogP contribution in [-0.4, -0.2) is 52.4 Å². The number of hydrazone groups is 1. The van der Waals surface area contributed by atoms with Crippen LogP contribution in [0, 0.1) is 10.1 Å². The molecular formula is C26H24N8O3. The molecule has 0 saturated carbocycles. The Bertz CT molecular complexity index is 1340. The molecule has 4 aromatic rings. The molecule has 0 bridgehead atoms. The standard InChI is InChI=1S/C26H24N8O3/c35-34(36)23-13-7-8-20(18-23)19-27-31-24-28-25(32-14-16-37-17-15-32)30-26(29-24)33(21-9-3-1-4-10-21)22-11-5-2-6-12-22/h1-13,18-19H,14-17H2,(H,28,29,30,31). The van der Waals surface area contributed by atoms with Crippen molar-refractivity contribution in [1.29, 1.82) is 0 Å². The van der Waals surface area contributed by atoms with E-state index >= 15 is 0 Å². The van der Waals surface area contributed by atoms with E-state index in [0.717, 1.165) is 11.4 Å². The molecule has 0 amide bonds. The van der Waals surface area contributed by atoms with Crippen molar-refractivity contribution in [1.82, 2.24) is 15.0 Å². The van der Waals surface area contributed by atoms with E-state index in [1.807, 2.05) is 70.5 Å². The summed E-state index contributed by atoms with van der Waals surface area (Å²) in [5.74, 6) is 1.16. The molecule has 1 aliphatic rings. The summed E-state index contributed by atoms with van der Waals surface area (Å²) in [6.45, 7) is 2.46. The van der Waals surface area contributed by atoms with Crippen LogP contribution in [0.3, 0.4) is 0 Å². The third-order valence-electron chi connectivity index (χ3n) is 5.59. The number of rotatable bonds is 8. The molecule has 5 rings (SSSR count). The van der Waals surface area contributed by atoms with Gasteiger partial charge in [0.1, 0.15) is 0 Å². The highest BCUT2D eigenvalue weighted by Crippen LogP contribution is 2.33. The van der Waals surface area contributed by atoms with Crippen molar-refractivity contribution < 1.29 is 9.66 Å². The molecule has 0 radical (unpaired) electrons. The molecule has 1 aromatic heterocycles. The summed E-state index contributed by atoms with van der Waals surface area (Å²) in [4.78, 5) is 28.7. The van der Waals surface area contributed by atoms with Gasteiger partial charge < -0.3 is 9.64 Å². The number of nitrogens with zero attached hydrogens (tertiary/aromatic N) is 7. The summed E-state index contributed by atoms with van der Waals surface area (Å²) in [6.07, 6.45) is 1.48. The summed E-state index contributed by atoms with van der Waals surface area (Å²) >= 11 is 0. The van der Waals surface area contributed by atoms with Crippen LogP contribution in [0.25, 0.3) is 0 Å². The maximum Gasteiger partial charge on any atom is 0.270 e. The van der Waals surface area contributed by atoms with Gasteiger partial charge in [-0.15, -0.1) is 0 Å². The summed E-state index contributed by atoms with van der Waals surface area (Å²) < 4.78 is 5.50. The average Bonchev–Trinajstić information content (AvgIpc) is 2.95. The molecule has 1 fully saturated rings. The Balaban J connectivity index is 1.52. The van der Waals surface area contributed by atoms with Gasteiger partial charge in [0.05, 0.1) is 24.4 Å². The number of anilines is 5. The van der Waals surface area contributed by atoms with E-state index in [4.69, 9.17) is 9.72 Å². The zero-order valence-electron chi connectivity index (χ0n) is 19.8. The number of aromatic nitrogens is 3. The smallest absolute Gasteiger partial charge is 0.270 e. The highest BCUT2D eigenvalue weighted by atomic mass is 16.6. The fraction of sp³-hybridized carbons (Fsp3) is 0.154. The number of non-ortho nitro benzene ring substituents is 1. The van der Waals surface area contributed by atoms with Crippen molar-refractivity contribution in [2.24, 2.45) is 5.10 Å². The maximum absolute atomic E-state index is 11.1. The highest BCUT2D eigenvalue weighted by molar-refractivity contribution is 5.81. The second-order valence-electron chi connectivity index (χ2n) is 8.09. The van der Waals surface area contributed by atoms with Gasteiger partial charge in [0.25, 0.3) is 5.69 Å². The Labute approximate surface area is 213 Å². The molecule has 0 unspecified atom stereocenters. The van der Waals surface area contributed by atoms with Crippen molar-refractivity contribution in [3.63, 3.8) is 0 Å². The van der Waals surface area contributed by atoms with Gasteiger partial charge in [-0.3, -0.25) is 15.0 Å². The first-order valence-electron chi connectivity index (χ1n) is 11.7. The molecule has 1 aliphatic heterocycles. The van der Waals surface area contributed by atoms with Crippen LogP contribution in [0.4, 0.5) is 34.9 Å². The van der Waals surface area contributed by atoms with Crippen LogP contribution in [-0.2, 0) is 4.74 Å². The van der Waals surface area contributed by atoms with Crippen molar-refractivity contribution in [2.45, 2.75) is 0 Å². The average molecular weight is 497 g/mol. The zero-order chi connectivity index (χ0) is 25.5. The lowest BCUT2D eigenvalue weighted by molar-refractivity contribution is -0.384. The molecule has 186 valence electrons. The Morgan fingerprint density at radius 3 is 2.24 bits per heavy atom. The molecule has 1 N–H and O–H groups in total. The lowest BCUT2D eigenvalue weighted by Crippen LogP contribution is -2.37. The van der Waals surface area contributed by atoms with Gasteiger partial charge in [0.15, 0.2) is 0 Å². The first-order valence-corrected chi connectivity index (χ1v) is 11.7. The predicted molar refractivity (Wildman–Crippen MR) is 142 cm³/mol. The van der Waals surface area contributed by atoms with Crippen LogP contribution < -0.4 is 15.2 Å². The number of hydrogen-bond donors (Lipinski definition) is 1. The van der Waals surface area contributed by atoms with E-state index in [-0.39, 0.29) is 11.6 Å². The van der Waals surface area contributed by atoms with Crippen molar-refractivity contribution >= 4 is 41.1 Å². The molecular weight excluding hydrogens is 472 g/mol. The fourth-order valence-corrected chi connectivity index (χ4v) is 3.83. The number of para-hydroxylation sites is 2. The number of nitro groups is 1. The van der Waals surface area contributed by atoms with Gasteiger partial charge in [0, 0.05) is 42.2 Å². The molecule has 37 heavy (non-hydrogen) atoms. The SMILES string of the molecule is O=[N+]([O-])c1cccc(C=NNc2nc(N3CCOCC3)nc(N(c3ccccc3)c3ccccc3)n2)c1. The van der Waals surface area contributed by atoms with Crippen molar-refractivity contribution in [3.8, 4) is 0 Å². The third-order valence-corrected chi connectivity index (χ3v) is 5.59. The van der Waals surface area contributed by atoms with Gasteiger partial charge in [-0.05, 0) is 24.3 Å². The van der Waals surface area contributed by atoms with Gasteiger partial charge in [-0.2, -0.15) is 20.1 Å². The van der Waals surface area contributed by atoms with E-state index in [9.17, 15) is 10.1 Å². The van der Waals surface area contributed by atoms with Gasteiger partial charge >= 0.3 is 0 Å². The first kappa shape index (κ1) is 23.8. The second kappa shape index (κ2) is 11.2. The molecule has 11 nitrogen and oxygen atoms in total. The molecule has 0 atom stereocenters. The topological polar surface area (TPSA) is 122 Å². The van der Waals surface area contributed by atoms with E-state index in [0.29, 0.717) is 43.8 Å². The van der Waals surface area contributed by atoms with Crippen LogP contribution in [0.5, 0.6) is 0 Å². The van der Waals surface area contributed by atoms with Crippen LogP contribution >= 0.6 is 0 Å². The largest absolute Gasteiger partial charge is 0.378 e. The van der Waals surface area contributed by atoms with E-state index < -0.39 is 4.92 Å². The van der Waals surface area contributed by atoms with Gasteiger partial charge in [-0.1, -0.05) is 48.5 Å². The number of hydrogen-bond acceptors (Lipinski definition) is 10. The van der Waals surface area contributed by atoms with Crippen LogP contribution in [0.15, 0.2) is 90.0 Å². The predicted octanol–water partition coefficient (Wildman–Crippen LogP) is 4.53. The molecule has 0 aliphatic carbocycles. The number of morpholine rings is 1. The number of nitro benzene ring substituents is 1. The summed E-state index contributed by atoms with van der Waals surface area (Å²) in [6, 6.07) is 25.9. The number of nitrogens with one attached hydrogen (secondary N) is 1. The van der Waals surface area contributed by atoms with E-state index in [1.54, 1.807) is 12.1 Å². The first-order chi connectivity index (χ1) is 18.2. The van der Waals surface area contributed by atoms with Crippen molar-refractivity contribution in [2.75, 3.05) is 41.5 Å². The number of benzene rings is 3. The lowest BCUT2D eigenvalue weighted by Gasteiger charge is -2.28. The molecule has 1 saturated heterocycles. The van der Waals surface area contributed by atoms with E-state index in [2.05, 4.69) is 20.5 Å². The Morgan fingerprint density at radius 2 is 1.59 bits per heavy atom. The van der Waals surface area contributed by atoms with E-state index in [1.165, 1.54) is 18.3 Å². The Kier molecular flexibility index (Phi) is 7.23. The second-order valence-corrected chi connectivity index (χ2v) is 8.09. The minimum atomic E-state index is -0.445. The lowest BCUT2D eigenvalue weighted by atomic mass is 10.2. The molecule has 0 spiro atoms. The third kappa shape index (κ3) is 5.85. The normalized spacial score (nSPS) is 13.5. The van der Waals surface area contributed by atoms with Gasteiger partial charge in [0.2, 0.25) is 17.8 Å². The van der Waals surface area contributed by atoms with Crippen LogP contribution in [0.2, 0.25) is 0 Å². The summed E-state index contributed by atoms with van der Waals surface area (Å²) in [5, 5.41) is 15.3. The highest BCUT2D eigenvalue weighted by Gasteiger charge is 2.21. The Morgan fingerprint density at radius 1 is 0.919 bits per heavy atom. The molecule has 11 heteroatoms. The number of ether oxygens (including phenoxy) is 1. The Hall–Kier alpha value is -4.90. The molecule has 2 heterocycles. The minimum Gasteiger partial charge on any atom is -0.378 e. The fourth-order valence-electron chi connectivity index (χ4n) is 3.83. The minimum absolute atomic E-state index is 0.0117. The van der Waals surface area contributed by atoms with Gasteiger partial charge in [-0.25, -0.2) is 5.43 Å². The summed E-state index contributed by atoms with van der Waals surface area (Å²) in [5.41, 5.74) is 5.21. The van der Waals surface area contributed by atoms with Crippen molar-refractivity contribution in [3.05, 3.63) is 101 Å². The quantitative estimate of drug-likeness (QED) is 0.213.